The van der Waals surface area contributed by atoms with Crippen LogP contribution in [0.15, 0.2) is 4.52 Å². The first kappa shape index (κ1) is 22.8. The molecule has 6 nitrogen and oxygen atoms in total. The summed E-state index contributed by atoms with van der Waals surface area (Å²) in [5.41, 5.74) is 1.55. The minimum atomic E-state index is -0.999. The maximum Gasteiger partial charge on any atom is 0.307 e. The highest BCUT2D eigenvalue weighted by Gasteiger charge is 2.41. The second-order valence-electron chi connectivity index (χ2n) is 11.5. The number of carbonyl (C=O) groups excluding carboxylic acids is 1. The smallest absolute Gasteiger partial charge is 0.307 e. The molecular weight excluding hydrogens is 382 g/mol. The van der Waals surface area contributed by atoms with Crippen molar-refractivity contribution < 1.29 is 24.0 Å². The van der Waals surface area contributed by atoms with Crippen molar-refractivity contribution in [3.63, 3.8) is 0 Å². The number of rotatable bonds is 8. The summed E-state index contributed by atoms with van der Waals surface area (Å²) in [7, 11) is 0. The van der Waals surface area contributed by atoms with Crippen molar-refractivity contribution >= 4 is 11.9 Å². The van der Waals surface area contributed by atoms with E-state index in [1.165, 1.54) is 6.42 Å². The van der Waals surface area contributed by atoms with E-state index in [0.29, 0.717) is 17.3 Å². The summed E-state index contributed by atoms with van der Waals surface area (Å²) in [5.74, 6) is 0.165. The fourth-order valence-electron chi connectivity index (χ4n) is 4.64. The third-order valence-corrected chi connectivity index (χ3v) is 5.95. The number of esters is 1. The molecule has 0 aromatic carbocycles. The molecule has 6 heteroatoms. The number of carboxylic acid groups (broad SMARTS) is 1. The van der Waals surface area contributed by atoms with Crippen molar-refractivity contribution in [1.82, 2.24) is 5.16 Å². The summed E-state index contributed by atoms with van der Waals surface area (Å²) in [6.07, 6.45) is 5.70. The summed E-state index contributed by atoms with van der Waals surface area (Å²) in [6, 6.07) is 0. The first-order valence-electron chi connectivity index (χ1n) is 11.3. The number of carbonyl (C=O) groups is 2. The van der Waals surface area contributed by atoms with Crippen LogP contribution >= 0.6 is 0 Å². The van der Waals surface area contributed by atoms with Crippen LogP contribution in [0.5, 0.6) is 0 Å². The number of aromatic nitrogens is 1. The van der Waals surface area contributed by atoms with Gasteiger partial charge in [0.15, 0.2) is 0 Å². The van der Waals surface area contributed by atoms with Gasteiger partial charge in [-0.15, -0.1) is 0 Å². The maximum absolute atomic E-state index is 12.2. The Hall–Kier alpha value is -1.85. The van der Waals surface area contributed by atoms with Crippen LogP contribution in [0, 0.1) is 17.3 Å². The van der Waals surface area contributed by atoms with Gasteiger partial charge in [-0.1, -0.05) is 25.9 Å². The molecule has 0 bridgehead atoms. The predicted octanol–water partition coefficient (Wildman–Crippen LogP) is 5.46. The van der Waals surface area contributed by atoms with Crippen LogP contribution in [0.3, 0.4) is 0 Å². The summed E-state index contributed by atoms with van der Waals surface area (Å²) in [5, 5.41) is 14.0. The average Bonchev–Trinajstić information content (AvgIpc) is 3.28. The van der Waals surface area contributed by atoms with Gasteiger partial charge in [-0.05, 0) is 70.1 Å². The number of hydrogen-bond acceptors (Lipinski definition) is 5. The Labute approximate surface area is 179 Å². The Kier molecular flexibility index (Phi) is 6.35. The topological polar surface area (TPSA) is 89.6 Å². The zero-order chi connectivity index (χ0) is 22.3. The van der Waals surface area contributed by atoms with E-state index in [1.807, 2.05) is 0 Å². The van der Waals surface area contributed by atoms with Gasteiger partial charge >= 0.3 is 11.9 Å². The van der Waals surface area contributed by atoms with E-state index in [0.717, 1.165) is 48.6 Å². The number of nitrogens with zero attached hydrogens (tertiary/aromatic N) is 1. The monoisotopic (exact) mass is 419 g/mol. The minimum absolute atomic E-state index is 0.157. The van der Waals surface area contributed by atoms with Crippen molar-refractivity contribution in [2.24, 2.45) is 17.3 Å². The SMILES string of the molecule is CC(C)(C)C[C@H]1C[C@@H](c2onc(C[C@H](CC(=O)OC(C)(C)C)C(=O)O)c2C2CC2)C1. The second kappa shape index (κ2) is 8.35. The number of aliphatic carboxylic acids is 1. The molecule has 3 rings (SSSR count). The highest BCUT2D eigenvalue weighted by molar-refractivity contribution is 5.79. The lowest BCUT2D eigenvalue weighted by Crippen LogP contribution is -2.28. The lowest BCUT2D eigenvalue weighted by atomic mass is 9.67. The Morgan fingerprint density at radius 2 is 1.77 bits per heavy atom. The summed E-state index contributed by atoms with van der Waals surface area (Å²) < 4.78 is 11.1. The van der Waals surface area contributed by atoms with Crippen molar-refractivity contribution in [3.05, 3.63) is 17.0 Å². The van der Waals surface area contributed by atoms with Crippen LogP contribution in [0.1, 0.15) is 109 Å². The molecule has 0 amide bonds. The quantitative estimate of drug-likeness (QED) is 0.563. The molecule has 168 valence electrons. The van der Waals surface area contributed by atoms with Gasteiger partial charge in [0, 0.05) is 17.9 Å². The normalized spacial score (nSPS) is 23.0. The van der Waals surface area contributed by atoms with Gasteiger partial charge < -0.3 is 14.4 Å². The molecule has 2 saturated carbocycles. The number of hydrogen-bond donors (Lipinski definition) is 1. The Morgan fingerprint density at radius 3 is 2.27 bits per heavy atom. The van der Waals surface area contributed by atoms with Crippen LogP contribution in [0.4, 0.5) is 0 Å². The minimum Gasteiger partial charge on any atom is -0.481 e. The molecule has 1 heterocycles. The molecule has 0 saturated heterocycles. The van der Waals surface area contributed by atoms with E-state index in [1.54, 1.807) is 20.8 Å². The van der Waals surface area contributed by atoms with E-state index in [-0.39, 0.29) is 12.8 Å². The van der Waals surface area contributed by atoms with E-state index in [4.69, 9.17) is 9.26 Å². The van der Waals surface area contributed by atoms with Gasteiger partial charge in [-0.25, -0.2) is 0 Å². The van der Waals surface area contributed by atoms with Gasteiger partial charge in [0.1, 0.15) is 11.4 Å². The third-order valence-electron chi connectivity index (χ3n) is 5.95. The van der Waals surface area contributed by atoms with Crippen LogP contribution in [-0.4, -0.2) is 27.8 Å². The molecule has 30 heavy (non-hydrogen) atoms. The highest BCUT2D eigenvalue weighted by Crippen LogP contribution is 2.52. The first-order valence-corrected chi connectivity index (χ1v) is 11.3. The predicted molar refractivity (Wildman–Crippen MR) is 113 cm³/mol. The van der Waals surface area contributed by atoms with Gasteiger partial charge in [-0.2, -0.15) is 0 Å². The fourth-order valence-corrected chi connectivity index (χ4v) is 4.64. The standard InChI is InChI=1S/C24H37NO5/c1-23(2,3)13-14-9-16(10-14)21-20(15-7-8-15)18(25-30-21)11-17(22(27)28)12-19(26)29-24(4,5)6/h14-17H,7-13H2,1-6H3,(H,27,28)/t14-,16+,17-/m1/s1. The van der Waals surface area contributed by atoms with E-state index in [9.17, 15) is 14.7 Å². The molecule has 1 N–H and O–H groups in total. The van der Waals surface area contributed by atoms with E-state index >= 15 is 0 Å². The lowest BCUT2D eigenvalue weighted by Gasteiger charge is -2.38. The first-order chi connectivity index (χ1) is 13.8. The van der Waals surface area contributed by atoms with Crippen molar-refractivity contribution in [3.8, 4) is 0 Å². The molecule has 0 unspecified atom stereocenters. The second-order valence-corrected chi connectivity index (χ2v) is 11.5. The van der Waals surface area contributed by atoms with Gasteiger partial charge in [0.25, 0.3) is 0 Å². The van der Waals surface area contributed by atoms with E-state index in [2.05, 4.69) is 25.9 Å². The molecule has 2 aliphatic carbocycles. The van der Waals surface area contributed by atoms with Gasteiger partial charge in [0.2, 0.25) is 0 Å². The van der Waals surface area contributed by atoms with Crippen LogP contribution in [-0.2, 0) is 20.7 Å². The van der Waals surface area contributed by atoms with Crippen LogP contribution in [0.25, 0.3) is 0 Å². The Bertz CT molecular complexity index is 772. The molecule has 0 spiro atoms. The molecule has 0 radical (unpaired) electrons. The molecule has 1 atom stereocenters. The summed E-state index contributed by atoms with van der Waals surface area (Å²) in [6.45, 7) is 12.2. The van der Waals surface area contributed by atoms with E-state index < -0.39 is 23.5 Å². The van der Waals surface area contributed by atoms with Gasteiger partial charge in [-0.3, -0.25) is 9.59 Å². The largest absolute Gasteiger partial charge is 0.481 e. The average molecular weight is 420 g/mol. The van der Waals surface area contributed by atoms with Gasteiger partial charge in [0.05, 0.1) is 18.0 Å². The Morgan fingerprint density at radius 1 is 1.13 bits per heavy atom. The lowest BCUT2D eigenvalue weighted by molar-refractivity contribution is -0.159. The van der Waals surface area contributed by atoms with Crippen molar-refractivity contribution in [2.45, 2.75) is 104 Å². The van der Waals surface area contributed by atoms with Crippen LogP contribution in [0.2, 0.25) is 0 Å². The number of carboxylic acids is 1. The summed E-state index contributed by atoms with van der Waals surface area (Å²) >= 11 is 0. The molecule has 1 aromatic heterocycles. The molecule has 0 aliphatic heterocycles. The molecular formula is C24H37NO5. The fraction of sp³-hybridized carbons (Fsp3) is 0.792. The van der Waals surface area contributed by atoms with Crippen LogP contribution < -0.4 is 0 Å². The summed E-state index contributed by atoms with van der Waals surface area (Å²) in [4.78, 5) is 24.0. The molecule has 2 fully saturated rings. The molecule has 2 aliphatic rings. The Balaban J connectivity index is 1.69. The van der Waals surface area contributed by atoms with Crippen molar-refractivity contribution in [2.75, 3.05) is 0 Å². The highest BCUT2D eigenvalue weighted by atomic mass is 16.6. The third kappa shape index (κ3) is 6.08. The number of ether oxygens (including phenoxy) is 1. The zero-order valence-electron chi connectivity index (χ0n) is 19.3. The maximum atomic E-state index is 12.2. The zero-order valence-corrected chi connectivity index (χ0v) is 19.3. The van der Waals surface area contributed by atoms with Crippen molar-refractivity contribution in [1.29, 1.82) is 0 Å². The molecule has 1 aromatic rings.